The van der Waals surface area contributed by atoms with E-state index in [0.29, 0.717) is 6.61 Å². The van der Waals surface area contributed by atoms with E-state index in [1.165, 1.54) is 6.07 Å². The van der Waals surface area contributed by atoms with Crippen LogP contribution in [0.3, 0.4) is 0 Å². The molecule has 1 heterocycles. The first-order valence-electron chi connectivity index (χ1n) is 6.07. The first-order valence-corrected chi connectivity index (χ1v) is 6.45. The van der Waals surface area contributed by atoms with E-state index in [0.717, 1.165) is 25.1 Å². The van der Waals surface area contributed by atoms with Crippen LogP contribution in [0.5, 0.6) is 0 Å². The van der Waals surface area contributed by atoms with Gasteiger partial charge in [-0.15, -0.1) is 0 Å². The van der Waals surface area contributed by atoms with E-state index >= 15 is 0 Å². The Balaban J connectivity index is 2.19. The van der Waals surface area contributed by atoms with Crippen molar-refractivity contribution in [3.63, 3.8) is 0 Å². The maximum Gasteiger partial charge on any atom is 0.142 e. The number of nitrogens with zero attached hydrogens (tertiary/aromatic N) is 1. The molecule has 0 aliphatic carbocycles. The van der Waals surface area contributed by atoms with Crippen LogP contribution in [0.2, 0.25) is 5.02 Å². The minimum Gasteiger partial charge on any atom is -0.383 e. The van der Waals surface area contributed by atoms with Crippen molar-refractivity contribution in [3.05, 3.63) is 34.6 Å². The SMILES string of the molecule is COCCN1CC[C@H](N)[C@H]1c1ccc(Cl)c(F)c1. The van der Waals surface area contributed by atoms with Crippen molar-refractivity contribution in [2.75, 3.05) is 26.8 Å². The number of hydrogen-bond donors (Lipinski definition) is 1. The molecule has 0 saturated carbocycles. The van der Waals surface area contributed by atoms with Crippen LogP contribution in [0.25, 0.3) is 0 Å². The zero-order chi connectivity index (χ0) is 13.1. The summed E-state index contributed by atoms with van der Waals surface area (Å²) in [5, 5.41) is 0.147. The average Bonchev–Trinajstić information content (AvgIpc) is 2.71. The highest BCUT2D eigenvalue weighted by molar-refractivity contribution is 6.30. The highest BCUT2D eigenvalue weighted by atomic mass is 35.5. The molecule has 0 radical (unpaired) electrons. The van der Waals surface area contributed by atoms with Crippen LogP contribution in [0.1, 0.15) is 18.0 Å². The zero-order valence-electron chi connectivity index (χ0n) is 10.4. The lowest BCUT2D eigenvalue weighted by molar-refractivity contribution is 0.139. The molecule has 2 N–H and O–H groups in total. The van der Waals surface area contributed by atoms with Crippen molar-refractivity contribution in [1.82, 2.24) is 4.90 Å². The molecule has 2 rings (SSSR count). The molecule has 1 saturated heterocycles. The Morgan fingerprint density at radius 1 is 1.56 bits per heavy atom. The number of nitrogens with two attached hydrogens (primary N) is 1. The lowest BCUT2D eigenvalue weighted by atomic mass is 10.0. The molecule has 0 unspecified atom stereocenters. The number of rotatable bonds is 4. The van der Waals surface area contributed by atoms with E-state index in [1.54, 1.807) is 13.2 Å². The second-order valence-electron chi connectivity index (χ2n) is 4.60. The van der Waals surface area contributed by atoms with Crippen LogP contribution in [0, 0.1) is 5.82 Å². The summed E-state index contributed by atoms with van der Waals surface area (Å²) in [6.07, 6.45) is 0.915. The van der Waals surface area contributed by atoms with Gasteiger partial charge in [0.25, 0.3) is 0 Å². The van der Waals surface area contributed by atoms with E-state index in [1.807, 2.05) is 6.07 Å². The zero-order valence-corrected chi connectivity index (χ0v) is 11.2. The van der Waals surface area contributed by atoms with Crippen molar-refractivity contribution < 1.29 is 9.13 Å². The molecule has 1 fully saturated rings. The third kappa shape index (κ3) is 2.83. The van der Waals surface area contributed by atoms with E-state index in [-0.39, 0.29) is 22.9 Å². The van der Waals surface area contributed by atoms with Gasteiger partial charge in [-0.25, -0.2) is 4.39 Å². The highest BCUT2D eigenvalue weighted by Gasteiger charge is 2.32. The molecule has 1 aliphatic heterocycles. The minimum absolute atomic E-state index is 0.0300. The summed E-state index contributed by atoms with van der Waals surface area (Å²) in [7, 11) is 1.67. The van der Waals surface area contributed by atoms with Gasteiger partial charge in [0.15, 0.2) is 0 Å². The van der Waals surface area contributed by atoms with E-state index in [9.17, 15) is 4.39 Å². The predicted molar refractivity (Wildman–Crippen MR) is 70.2 cm³/mol. The van der Waals surface area contributed by atoms with Gasteiger partial charge < -0.3 is 10.5 Å². The molecule has 0 bridgehead atoms. The first-order chi connectivity index (χ1) is 8.63. The van der Waals surface area contributed by atoms with Crippen LogP contribution in [-0.2, 0) is 4.74 Å². The number of methoxy groups -OCH3 is 1. The molecule has 1 aliphatic rings. The predicted octanol–water partition coefficient (Wildman–Crippen LogP) is 2.20. The summed E-state index contributed by atoms with van der Waals surface area (Å²) in [6, 6.07) is 5.00. The number of likely N-dealkylation sites (tertiary alicyclic amines) is 1. The normalized spacial score (nSPS) is 24.7. The van der Waals surface area contributed by atoms with Gasteiger partial charge >= 0.3 is 0 Å². The van der Waals surface area contributed by atoms with Crippen LogP contribution in [0.15, 0.2) is 18.2 Å². The first kappa shape index (κ1) is 13.7. The Labute approximate surface area is 112 Å². The van der Waals surface area contributed by atoms with E-state index < -0.39 is 0 Å². The van der Waals surface area contributed by atoms with Gasteiger partial charge in [0, 0.05) is 26.2 Å². The fourth-order valence-corrected chi connectivity index (χ4v) is 2.61. The van der Waals surface area contributed by atoms with E-state index in [2.05, 4.69) is 4.90 Å². The topological polar surface area (TPSA) is 38.5 Å². The van der Waals surface area contributed by atoms with Crippen molar-refractivity contribution in [3.8, 4) is 0 Å². The van der Waals surface area contributed by atoms with Gasteiger partial charge in [-0.2, -0.15) is 0 Å². The number of hydrogen-bond acceptors (Lipinski definition) is 3. The molecule has 0 spiro atoms. The average molecular weight is 273 g/mol. The Morgan fingerprint density at radius 3 is 3.00 bits per heavy atom. The number of benzene rings is 1. The van der Waals surface area contributed by atoms with Crippen LogP contribution >= 0.6 is 11.6 Å². The number of halogens is 2. The van der Waals surface area contributed by atoms with Gasteiger partial charge in [-0.05, 0) is 24.1 Å². The van der Waals surface area contributed by atoms with Gasteiger partial charge in [0.2, 0.25) is 0 Å². The van der Waals surface area contributed by atoms with Crippen LogP contribution in [-0.4, -0.2) is 37.7 Å². The summed E-state index contributed by atoms with van der Waals surface area (Å²) < 4.78 is 18.6. The molecule has 5 heteroatoms. The van der Waals surface area contributed by atoms with Gasteiger partial charge in [-0.3, -0.25) is 4.90 Å². The second-order valence-corrected chi connectivity index (χ2v) is 5.01. The maximum absolute atomic E-state index is 13.5. The Hall–Kier alpha value is -0.680. The molecule has 1 aromatic rings. The second kappa shape index (κ2) is 5.97. The van der Waals surface area contributed by atoms with Crippen molar-refractivity contribution in [2.45, 2.75) is 18.5 Å². The molecular weight excluding hydrogens is 255 g/mol. The summed E-state index contributed by atoms with van der Waals surface area (Å²) in [4.78, 5) is 2.23. The molecule has 2 atom stereocenters. The summed E-state index contributed by atoms with van der Waals surface area (Å²) in [6.45, 7) is 2.37. The van der Waals surface area contributed by atoms with E-state index in [4.69, 9.17) is 22.1 Å². The third-order valence-electron chi connectivity index (χ3n) is 3.42. The molecular formula is C13H18ClFN2O. The quantitative estimate of drug-likeness (QED) is 0.913. The molecule has 0 amide bonds. The lowest BCUT2D eigenvalue weighted by Crippen LogP contribution is -2.33. The van der Waals surface area contributed by atoms with Gasteiger partial charge in [-0.1, -0.05) is 17.7 Å². The van der Waals surface area contributed by atoms with Gasteiger partial charge in [0.1, 0.15) is 5.82 Å². The summed E-state index contributed by atoms with van der Waals surface area (Å²) in [5.74, 6) is -0.389. The van der Waals surface area contributed by atoms with Crippen molar-refractivity contribution in [2.24, 2.45) is 5.73 Å². The van der Waals surface area contributed by atoms with Crippen LogP contribution in [0.4, 0.5) is 4.39 Å². The Morgan fingerprint density at radius 2 is 2.33 bits per heavy atom. The third-order valence-corrected chi connectivity index (χ3v) is 3.72. The molecule has 100 valence electrons. The largest absolute Gasteiger partial charge is 0.383 e. The Bertz CT molecular complexity index is 416. The molecule has 18 heavy (non-hydrogen) atoms. The fourth-order valence-electron chi connectivity index (χ4n) is 2.50. The van der Waals surface area contributed by atoms with Crippen molar-refractivity contribution >= 4 is 11.6 Å². The number of ether oxygens (including phenoxy) is 1. The molecule has 3 nitrogen and oxygen atoms in total. The highest BCUT2D eigenvalue weighted by Crippen LogP contribution is 2.32. The Kier molecular flexibility index (Phi) is 4.56. The van der Waals surface area contributed by atoms with Crippen molar-refractivity contribution in [1.29, 1.82) is 0 Å². The monoisotopic (exact) mass is 272 g/mol. The minimum atomic E-state index is -0.389. The standard InChI is InChI=1S/C13H18ClFN2O/c1-18-7-6-17-5-4-12(16)13(17)9-2-3-10(14)11(15)8-9/h2-3,8,12-13H,4-7,16H2,1H3/t12-,13+/m0/s1. The molecule has 0 aromatic heterocycles. The summed E-state index contributed by atoms with van der Waals surface area (Å²) in [5.41, 5.74) is 7.01. The fraction of sp³-hybridized carbons (Fsp3) is 0.538. The van der Waals surface area contributed by atoms with Crippen LogP contribution < -0.4 is 5.73 Å². The smallest absolute Gasteiger partial charge is 0.142 e. The lowest BCUT2D eigenvalue weighted by Gasteiger charge is -2.27. The summed E-state index contributed by atoms with van der Waals surface area (Å²) >= 11 is 5.70. The molecule has 1 aromatic carbocycles. The maximum atomic E-state index is 13.5. The van der Waals surface area contributed by atoms with Gasteiger partial charge in [0.05, 0.1) is 17.7 Å².